The lowest BCUT2D eigenvalue weighted by molar-refractivity contribution is -0.116. The van der Waals surface area contributed by atoms with Crippen molar-refractivity contribution in [3.05, 3.63) is 59.7 Å². The molecule has 0 radical (unpaired) electrons. The molecule has 4 nitrogen and oxygen atoms in total. The third-order valence-corrected chi connectivity index (χ3v) is 3.69. The van der Waals surface area contributed by atoms with Gasteiger partial charge < -0.3 is 15.4 Å². The van der Waals surface area contributed by atoms with Crippen LogP contribution in [0.1, 0.15) is 30.9 Å². The van der Waals surface area contributed by atoms with Crippen molar-refractivity contribution < 1.29 is 9.53 Å². The van der Waals surface area contributed by atoms with Crippen LogP contribution in [0.3, 0.4) is 0 Å². The maximum absolute atomic E-state index is 12.0. The minimum absolute atomic E-state index is 0.0176. The fraction of sp³-hybridized carbons (Fsp3) is 0.350. The van der Waals surface area contributed by atoms with E-state index in [1.807, 2.05) is 55.5 Å². The van der Waals surface area contributed by atoms with Gasteiger partial charge in [0.15, 0.2) is 0 Å². The Morgan fingerprint density at radius 1 is 1.12 bits per heavy atom. The molecule has 0 aliphatic carbocycles. The Hall–Kier alpha value is -2.33. The lowest BCUT2D eigenvalue weighted by Crippen LogP contribution is -2.14. The number of ether oxygens (including phenoxy) is 1. The average molecular weight is 326 g/mol. The number of para-hydroxylation sites is 1. The van der Waals surface area contributed by atoms with Crippen molar-refractivity contribution in [2.75, 3.05) is 18.5 Å². The molecular weight excluding hydrogens is 300 g/mol. The summed E-state index contributed by atoms with van der Waals surface area (Å²) in [6.07, 6.45) is 1.14. The van der Waals surface area contributed by atoms with Gasteiger partial charge in [0.1, 0.15) is 5.75 Å². The summed E-state index contributed by atoms with van der Waals surface area (Å²) < 4.78 is 5.71. The van der Waals surface area contributed by atoms with E-state index in [0.717, 1.165) is 35.7 Å². The molecular formula is C20H26N2O2. The van der Waals surface area contributed by atoms with Gasteiger partial charge in [-0.2, -0.15) is 0 Å². The van der Waals surface area contributed by atoms with Crippen LogP contribution in [0.5, 0.6) is 5.75 Å². The Bertz CT molecular complexity index is 656. The number of carbonyl (C=O) groups is 1. The third-order valence-electron chi connectivity index (χ3n) is 3.69. The summed E-state index contributed by atoms with van der Waals surface area (Å²) in [7, 11) is 0. The highest BCUT2D eigenvalue weighted by Crippen LogP contribution is 2.16. The van der Waals surface area contributed by atoms with E-state index in [1.54, 1.807) is 0 Å². The van der Waals surface area contributed by atoms with Gasteiger partial charge in [0.25, 0.3) is 0 Å². The Labute approximate surface area is 144 Å². The Morgan fingerprint density at radius 3 is 2.75 bits per heavy atom. The predicted octanol–water partition coefficient (Wildman–Crippen LogP) is 3.90. The lowest BCUT2D eigenvalue weighted by atomic mass is 10.2. The maximum Gasteiger partial charge on any atom is 0.224 e. The van der Waals surface area contributed by atoms with E-state index in [-0.39, 0.29) is 5.91 Å². The molecule has 0 aliphatic heterocycles. The average Bonchev–Trinajstić information content (AvgIpc) is 2.58. The SMILES string of the molecule is CCNCc1cccc(NC(=O)CCCOc2ccccc2C)c1. The van der Waals surface area contributed by atoms with Gasteiger partial charge in [-0.3, -0.25) is 4.79 Å². The van der Waals surface area contributed by atoms with E-state index in [9.17, 15) is 4.79 Å². The van der Waals surface area contributed by atoms with Gasteiger partial charge in [0.2, 0.25) is 5.91 Å². The Kier molecular flexibility index (Phi) is 7.30. The van der Waals surface area contributed by atoms with Gasteiger partial charge in [-0.1, -0.05) is 37.3 Å². The number of aryl methyl sites for hydroxylation is 1. The van der Waals surface area contributed by atoms with Crippen LogP contribution < -0.4 is 15.4 Å². The second kappa shape index (κ2) is 9.73. The van der Waals surface area contributed by atoms with Crippen molar-refractivity contribution in [3.8, 4) is 5.75 Å². The van der Waals surface area contributed by atoms with Gasteiger partial charge in [0.05, 0.1) is 6.61 Å². The monoisotopic (exact) mass is 326 g/mol. The number of nitrogens with one attached hydrogen (secondary N) is 2. The molecule has 0 spiro atoms. The molecule has 2 aromatic rings. The highest BCUT2D eigenvalue weighted by Gasteiger charge is 2.04. The zero-order valence-electron chi connectivity index (χ0n) is 14.5. The molecule has 2 aromatic carbocycles. The van der Waals surface area contributed by atoms with Crippen LogP contribution in [0.2, 0.25) is 0 Å². The largest absolute Gasteiger partial charge is 0.493 e. The lowest BCUT2D eigenvalue weighted by Gasteiger charge is -2.10. The summed E-state index contributed by atoms with van der Waals surface area (Å²) in [5.74, 6) is 0.901. The molecule has 0 aromatic heterocycles. The molecule has 2 N–H and O–H groups in total. The van der Waals surface area contributed by atoms with E-state index in [4.69, 9.17) is 4.74 Å². The summed E-state index contributed by atoms with van der Waals surface area (Å²) in [4.78, 5) is 12.0. The van der Waals surface area contributed by atoms with Crippen LogP contribution in [0.15, 0.2) is 48.5 Å². The van der Waals surface area contributed by atoms with E-state index < -0.39 is 0 Å². The zero-order valence-corrected chi connectivity index (χ0v) is 14.5. The summed E-state index contributed by atoms with van der Waals surface area (Å²) >= 11 is 0. The molecule has 2 rings (SSSR count). The van der Waals surface area contributed by atoms with Crippen molar-refractivity contribution >= 4 is 11.6 Å². The Balaban J connectivity index is 1.72. The molecule has 1 amide bonds. The molecule has 24 heavy (non-hydrogen) atoms. The molecule has 0 bridgehead atoms. The van der Waals surface area contributed by atoms with Crippen LogP contribution in [0.25, 0.3) is 0 Å². The van der Waals surface area contributed by atoms with E-state index >= 15 is 0 Å². The standard InChI is InChI=1S/C20H26N2O2/c1-3-21-15-17-9-6-10-18(14-17)22-20(23)12-7-13-24-19-11-5-4-8-16(19)2/h4-6,8-11,14,21H,3,7,12-13,15H2,1-2H3,(H,22,23). The second-order valence-electron chi connectivity index (χ2n) is 5.75. The van der Waals surface area contributed by atoms with Crippen molar-refractivity contribution in [1.29, 1.82) is 0 Å². The van der Waals surface area contributed by atoms with E-state index in [1.165, 1.54) is 0 Å². The van der Waals surface area contributed by atoms with Crippen LogP contribution in [-0.2, 0) is 11.3 Å². The number of benzene rings is 2. The van der Waals surface area contributed by atoms with Gasteiger partial charge in [0, 0.05) is 18.7 Å². The first-order valence-electron chi connectivity index (χ1n) is 8.47. The molecule has 0 aliphatic rings. The molecule has 0 fully saturated rings. The quantitative estimate of drug-likeness (QED) is 0.687. The van der Waals surface area contributed by atoms with Crippen LogP contribution in [-0.4, -0.2) is 19.1 Å². The highest BCUT2D eigenvalue weighted by atomic mass is 16.5. The maximum atomic E-state index is 12.0. The smallest absolute Gasteiger partial charge is 0.224 e. The fourth-order valence-electron chi connectivity index (χ4n) is 2.39. The van der Waals surface area contributed by atoms with Crippen molar-refractivity contribution in [2.24, 2.45) is 0 Å². The summed E-state index contributed by atoms with van der Waals surface area (Å²) in [5, 5.41) is 6.22. The highest BCUT2D eigenvalue weighted by molar-refractivity contribution is 5.90. The second-order valence-corrected chi connectivity index (χ2v) is 5.75. The first kappa shape index (κ1) is 18.0. The van der Waals surface area contributed by atoms with Gasteiger partial charge in [-0.25, -0.2) is 0 Å². The van der Waals surface area contributed by atoms with Crippen LogP contribution in [0.4, 0.5) is 5.69 Å². The first-order chi connectivity index (χ1) is 11.7. The Morgan fingerprint density at radius 2 is 1.96 bits per heavy atom. The van der Waals surface area contributed by atoms with Crippen LogP contribution >= 0.6 is 0 Å². The van der Waals surface area contributed by atoms with Crippen molar-refractivity contribution in [3.63, 3.8) is 0 Å². The van der Waals surface area contributed by atoms with E-state index in [0.29, 0.717) is 19.4 Å². The zero-order chi connectivity index (χ0) is 17.2. The van der Waals surface area contributed by atoms with Crippen molar-refractivity contribution in [1.82, 2.24) is 5.32 Å². The molecule has 0 heterocycles. The van der Waals surface area contributed by atoms with Gasteiger partial charge in [-0.15, -0.1) is 0 Å². The van der Waals surface area contributed by atoms with Gasteiger partial charge >= 0.3 is 0 Å². The van der Waals surface area contributed by atoms with Crippen molar-refractivity contribution in [2.45, 2.75) is 33.2 Å². The van der Waals surface area contributed by atoms with E-state index in [2.05, 4.69) is 17.6 Å². The molecule has 128 valence electrons. The molecule has 4 heteroatoms. The normalized spacial score (nSPS) is 10.4. The minimum atomic E-state index is 0.0176. The van der Waals surface area contributed by atoms with Crippen LogP contribution in [0, 0.1) is 6.92 Å². The topological polar surface area (TPSA) is 50.4 Å². The summed E-state index contributed by atoms with van der Waals surface area (Å²) in [6, 6.07) is 15.8. The van der Waals surface area contributed by atoms with Gasteiger partial charge in [-0.05, 0) is 49.2 Å². The summed E-state index contributed by atoms with van der Waals surface area (Å²) in [6.45, 7) is 6.37. The number of rotatable bonds is 9. The molecule has 0 saturated heterocycles. The molecule has 0 atom stereocenters. The third kappa shape index (κ3) is 6.05. The first-order valence-corrected chi connectivity index (χ1v) is 8.47. The number of hydrogen-bond donors (Lipinski definition) is 2. The number of amides is 1. The minimum Gasteiger partial charge on any atom is -0.493 e. The fourth-order valence-corrected chi connectivity index (χ4v) is 2.39. The number of anilines is 1. The molecule has 0 unspecified atom stereocenters. The number of carbonyl (C=O) groups excluding carboxylic acids is 1. The molecule has 0 saturated carbocycles. The predicted molar refractivity (Wildman–Crippen MR) is 98.4 cm³/mol. The number of hydrogen-bond acceptors (Lipinski definition) is 3. The summed E-state index contributed by atoms with van der Waals surface area (Å²) in [5.41, 5.74) is 3.12.